The zero-order valence-electron chi connectivity index (χ0n) is 10.7. The maximum atomic E-state index is 12.0. The first kappa shape index (κ1) is 15.3. The smallest absolute Gasteiger partial charge is 0.277 e. The molecule has 1 aromatic heterocycles. The van der Waals surface area contributed by atoms with E-state index in [1.165, 1.54) is 18.3 Å². The number of nitro groups is 2. The summed E-state index contributed by atoms with van der Waals surface area (Å²) in [5.74, 6) is -0.659. The molecule has 0 fully saturated rings. The van der Waals surface area contributed by atoms with Gasteiger partial charge in [0.1, 0.15) is 5.82 Å². The minimum absolute atomic E-state index is 0.117. The van der Waals surface area contributed by atoms with Gasteiger partial charge in [0.2, 0.25) is 0 Å². The third kappa shape index (κ3) is 3.52. The highest BCUT2D eigenvalue weighted by molar-refractivity contribution is 6.30. The van der Waals surface area contributed by atoms with Gasteiger partial charge in [-0.1, -0.05) is 11.6 Å². The number of nitrogens with one attached hydrogen (secondary N) is 1. The van der Waals surface area contributed by atoms with E-state index in [9.17, 15) is 25.0 Å². The van der Waals surface area contributed by atoms with E-state index < -0.39 is 27.1 Å². The lowest BCUT2D eigenvalue weighted by Crippen LogP contribution is -2.13. The van der Waals surface area contributed by atoms with Gasteiger partial charge in [-0.15, -0.1) is 0 Å². The molecule has 9 nitrogen and oxygen atoms in total. The van der Waals surface area contributed by atoms with Gasteiger partial charge in [-0.2, -0.15) is 0 Å². The third-order valence-electron chi connectivity index (χ3n) is 2.55. The summed E-state index contributed by atoms with van der Waals surface area (Å²) in [5, 5.41) is 24.2. The predicted octanol–water partition coefficient (Wildman–Crippen LogP) is 2.80. The standard InChI is InChI=1S/C12H7ClN4O5/c13-8-1-2-14-11(5-8)15-12(18)7-3-9(16(19)20)6-10(4-7)17(21)22/h1-6H,(H,14,15,18). The van der Waals surface area contributed by atoms with Crippen LogP contribution >= 0.6 is 11.6 Å². The molecule has 2 rings (SSSR count). The lowest BCUT2D eigenvalue weighted by molar-refractivity contribution is -0.394. The molecule has 2 aromatic rings. The highest BCUT2D eigenvalue weighted by atomic mass is 35.5. The van der Waals surface area contributed by atoms with Crippen LogP contribution in [0.15, 0.2) is 36.5 Å². The van der Waals surface area contributed by atoms with Gasteiger partial charge >= 0.3 is 0 Å². The molecule has 1 heterocycles. The number of benzene rings is 1. The SMILES string of the molecule is O=C(Nc1cc(Cl)ccn1)c1cc([N+](=O)[O-])cc([N+](=O)[O-])c1. The van der Waals surface area contributed by atoms with Gasteiger partial charge in [-0.25, -0.2) is 4.98 Å². The van der Waals surface area contributed by atoms with E-state index in [4.69, 9.17) is 11.6 Å². The van der Waals surface area contributed by atoms with Gasteiger partial charge in [0, 0.05) is 23.4 Å². The summed E-state index contributed by atoms with van der Waals surface area (Å²) in [7, 11) is 0. The molecule has 22 heavy (non-hydrogen) atoms. The second-order valence-electron chi connectivity index (χ2n) is 4.07. The van der Waals surface area contributed by atoms with Gasteiger partial charge in [0.15, 0.2) is 0 Å². The number of carbonyl (C=O) groups excluding carboxylic acids is 1. The Morgan fingerprint density at radius 3 is 2.18 bits per heavy atom. The number of nitrogens with zero attached hydrogens (tertiary/aromatic N) is 3. The Labute approximate surface area is 127 Å². The lowest BCUT2D eigenvalue weighted by Gasteiger charge is -2.04. The van der Waals surface area contributed by atoms with Gasteiger partial charge in [-0.3, -0.25) is 25.0 Å². The first-order valence-electron chi connectivity index (χ1n) is 5.73. The molecule has 10 heteroatoms. The first-order chi connectivity index (χ1) is 10.4. The summed E-state index contributed by atoms with van der Waals surface area (Å²) in [4.78, 5) is 35.8. The maximum absolute atomic E-state index is 12.0. The molecule has 0 saturated heterocycles. The van der Waals surface area contributed by atoms with Gasteiger partial charge in [0.05, 0.1) is 21.5 Å². The molecule has 1 N–H and O–H groups in total. The average molecular weight is 323 g/mol. The van der Waals surface area contributed by atoms with Crippen LogP contribution in [-0.2, 0) is 0 Å². The molecule has 1 aromatic carbocycles. The maximum Gasteiger partial charge on any atom is 0.277 e. The Kier molecular flexibility index (Phi) is 4.28. The molecular weight excluding hydrogens is 316 g/mol. The van der Waals surface area contributed by atoms with E-state index in [-0.39, 0.29) is 11.4 Å². The van der Waals surface area contributed by atoms with Gasteiger partial charge in [0.25, 0.3) is 17.3 Å². The molecule has 0 radical (unpaired) electrons. The van der Waals surface area contributed by atoms with Crippen molar-refractivity contribution in [3.8, 4) is 0 Å². The van der Waals surface area contributed by atoms with Crippen LogP contribution < -0.4 is 5.32 Å². The zero-order chi connectivity index (χ0) is 16.3. The van der Waals surface area contributed by atoms with Crippen molar-refractivity contribution in [2.75, 3.05) is 5.32 Å². The van der Waals surface area contributed by atoms with Crippen molar-refractivity contribution in [3.05, 3.63) is 67.3 Å². The van der Waals surface area contributed by atoms with Crippen molar-refractivity contribution in [1.82, 2.24) is 4.98 Å². The van der Waals surface area contributed by atoms with Gasteiger partial charge in [-0.05, 0) is 12.1 Å². The number of amides is 1. The normalized spacial score (nSPS) is 10.0. The summed E-state index contributed by atoms with van der Waals surface area (Å²) < 4.78 is 0. The van der Waals surface area contributed by atoms with Crippen molar-refractivity contribution < 1.29 is 14.6 Å². The number of anilines is 1. The minimum Gasteiger partial charge on any atom is -0.307 e. The average Bonchev–Trinajstić information content (AvgIpc) is 2.46. The largest absolute Gasteiger partial charge is 0.307 e. The fourth-order valence-corrected chi connectivity index (χ4v) is 1.76. The number of rotatable bonds is 4. The molecule has 0 atom stereocenters. The molecule has 0 aliphatic rings. The Balaban J connectivity index is 2.36. The number of pyridine rings is 1. The molecule has 0 unspecified atom stereocenters. The van der Waals surface area contributed by atoms with E-state index in [0.717, 1.165) is 18.2 Å². The van der Waals surface area contributed by atoms with Crippen LogP contribution in [0.4, 0.5) is 17.2 Å². The molecule has 0 spiro atoms. The summed E-state index contributed by atoms with van der Waals surface area (Å²) in [6.45, 7) is 0. The topological polar surface area (TPSA) is 128 Å². The second-order valence-corrected chi connectivity index (χ2v) is 4.50. The Morgan fingerprint density at radius 2 is 1.68 bits per heavy atom. The molecule has 0 saturated carbocycles. The van der Waals surface area contributed by atoms with Gasteiger partial charge < -0.3 is 5.32 Å². The summed E-state index contributed by atoms with van der Waals surface area (Å²) in [5.41, 5.74) is -1.35. The highest BCUT2D eigenvalue weighted by Gasteiger charge is 2.20. The first-order valence-corrected chi connectivity index (χ1v) is 6.11. The molecule has 0 aliphatic heterocycles. The van der Waals surface area contributed by atoms with E-state index >= 15 is 0 Å². The molecule has 112 valence electrons. The van der Waals surface area contributed by atoms with E-state index in [1.54, 1.807) is 0 Å². The Morgan fingerprint density at radius 1 is 1.09 bits per heavy atom. The molecule has 0 aliphatic carbocycles. The van der Waals surface area contributed by atoms with Crippen molar-refractivity contribution in [3.63, 3.8) is 0 Å². The number of carbonyl (C=O) groups is 1. The summed E-state index contributed by atoms with van der Waals surface area (Å²) >= 11 is 5.74. The monoisotopic (exact) mass is 322 g/mol. The van der Waals surface area contributed by atoms with Crippen LogP contribution in [0.3, 0.4) is 0 Å². The Bertz CT molecular complexity index is 748. The Hall–Kier alpha value is -3.07. The van der Waals surface area contributed by atoms with Crippen LogP contribution in [0.1, 0.15) is 10.4 Å². The van der Waals surface area contributed by atoms with E-state index in [0.29, 0.717) is 5.02 Å². The summed E-state index contributed by atoms with van der Waals surface area (Å²) in [6.07, 6.45) is 1.36. The predicted molar refractivity (Wildman–Crippen MR) is 77.0 cm³/mol. The number of hydrogen-bond acceptors (Lipinski definition) is 6. The number of nitro benzene ring substituents is 2. The van der Waals surface area contributed by atoms with Crippen LogP contribution in [0, 0.1) is 20.2 Å². The zero-order valence-corrected chi connectivity index (χ0v) is 11.5. The number of aromatic nitrogens is 1. The quantitative estimate of drug-likeness (QED) is 0.680. The third-order valence-corrected chi connectivity index (χ3v) is 2.79. The lowest BCUT2D eigenvalue weighted by atomic mass is 10.1. The van der Waals surface area contributed by atoms with Crippen LogP contribution in [0.2, 0.25) is 5.02 Å². The number of hydrogen-bond donors (Lipinski definition) is 1. The highest BCUT2D eigenvalue weighted by Crippen LogP contribution is 2.23. The second kappa shape index (κ2) is 6.14. The van der Waals surface area contributed by atoms with Crippen molar-refractivity contribution >= 4 is 34.7 Å². The number of non-ortho nitro benzene ring substituents is 2. The van der Waals surface area contributed by atoms with Crippen LogP contribution in [-0.4, -0.2) is 20.7 Å². The molecule has 0 bridgehead atoms. The van der Waals surface area contributed by atoms with Crippen LogP contribution in [0.25, 0.3) is 0 Å². The molecule has 1 amide bonds. The van der Waals surface area contributed by atoms with E-state index in [1.807, 2.05) is 0 Å². The fraction of sp³-hybridized carbons (Fsp3) is 0. The van der Waals surface area contributed by atoms with Crippen molar-refractivity contribution in [2.45, 2.75) is 0 Å². The number of halogens is 1. The van der Waals surface area contributed by atoms with Crippen molar-refractivity contribution in [2.24, 2.45) is 0 Å². The fourth-order valence-electron chi connectivity index (χ4n) is 1.60. The molecular formula is C12H7ClN4O5. The minimum atomic E-state index is -0.818. The van der Waals surface area contributed by atoms with Crippen molar-refractivity contribution in [1.29, 1.82) is 0 Å². The summed E-state index contributed by atoms with van der Waals surface area (Å²) in [6, 6.07) is 5.51. The van der Waals surface area contributed by atoms with Crippen LogP contribution in [0.5, 0.6) is 0 Å². The van der Waals surface area contributed by atoms with E-state index in [2.05, 4.69) is 10.3 Å².